The number of amides is 1. The summed E-state index contributed by atoms with van der Waals surface area (Å²) in [4.78, 5) is 27.2. The summed E-state index contributed by atoms with van der Waals surface area (Å²) in [5.41, 5.74) is 1.44. The van der Waals surface area contributed by atoms with Crippen LogP contribution >= 0.6 is 22.7 Å². The molecule has 3 rings (SSSR count). The lowest BCUT2D eigenvalue weighted by atomic mass is 10.1. The highest BCUT2D eigenvalue weighted by Gasteiger charge is 2.17. The van der Waals surface area contributed by atoms with Crippen LogP contribution in [-0.2, 0) is 0 Å². The van der Waals surface area contributed by atoms with E-state index in [4.69, 9.17) is 9.47 Å². The summed E-state index contributed by atoms with van der Waals surface area (Å²) in [5, 5.41) is 15.6. The molecule has 1 N–H and O–H groups in total. The molecule has 0 bridgehead atoms. The van der Waals surface area contributed by atoms with Crippen LogP contribution in [0.4, 0.5) is 10.1 Å². The quantitative estimate of drug-likeness (QED) is 0.414. The standard InChI is InChI=1S/C18H17N3O5S2/c1-3-25-11-5-6-12(14(9-11)26-4-2)13-10-27-18(19-13)20-17(22)15-7-8-16(28-15)21(23)24/h5-10H,3-4H2,1-2H3,(H,19,20,22). The van der Waals surface area contributed by atoms with Gasteiger partial charge in [-0.05, 0) is 32.0 Å². The topological polar surface area (TPSA) is 104 Å². The number of nitrogens with zero attached hydrogens (tertiary/aromatic N) is 2. The van der Waals surface area contributed by atoms with Crippen LogP contribution in [0.25, 0.3) is 11.3 Å². The Morgan fingerprint density at radius 2 is 2.00 bits per heavy atom. The van der Waals surface area contributed by atoms with E-state index < -0.39 is 10.8 Å². The number of nitrogens with one attached hydrogen (secondary N) is 1. The van der Waals surface area contributed by atoms with E-state index in [0.29, 0.717) is 35.5 Å². The summed E-state index contributed by atoms with van der Waals surface area (Å²) in [5.74, 6) is 0.916. The number of hydrogen-bond acceptors (Lipinski definition) is 8. The molecule has 1 aromatic carbocycles. The Bertz CT molecular complexity index is 999. The fourth-order valence-electron chi connectivity index (χ4n) is 2.41. The summed E-state index contributed by atoms with van der Waals surface area (Å²) in [6, 6.07) is 8.24. The lowest BCUT2D eigenvalue weighted by Gasteiger charge is -2.11. The zero-order chi connectivity index (χ0) is 20.1. The monoisotopic (exact) mass is 419 g/mol. The van der Waals surface area contributed by atoms with Crippen molar-refractivity contribution in [3.63, 3.8) is 0 Å². The number of anilines is 1. The summed E-state index contributed by atoms with van der Waals surface area (Å²) in [6.07, 6.45) is 0. The third-order valence-electron chi connectivity index (χ3n) is 3.56. The normalized spacial score (nSPS) is 10.5. The minimum Gasteiger partial charge on any atom is -0.494 e. The molecule has 8 nitrogen and oxygen atoms in total. The van der Waals surface area contributed by atoms with E-state index in [1.165, 1.54) is 23.5 Å². The van der Waals surface area contributed by atoms with Crippen LogP contribution in [0.3, 0.4) is 0 Å². The van der Waals surface area contributed by atoms with Crippen LogP contribution in [0.5, 0.6) is 11.5 Å². The van der Waals surface area contributed by atoms with Gasteiger partial charge in [-0.2, -0.15) is 0 Å². The molecule has 0 saturated heterocycles. The lowest BCUT2D eigenvalue weighted by molar-refractivity contribution is -0.380. The van der Waals surface area contributed by atoms with E-state index in [2.05, 4.69) is 10.3 Å². The number of benzene rings is 1. The van der Waals surface area contributed by atoms with Crippen molar-refractivity contribution in [1.82, 2.24) is 4.98 Å². The van der Waals surface area contributed by atoms with Gasteiger partial charge in [0.1, 0.15) is 11.5 Å². The van der Waals surface area contributed by atoms with E-state index in [9.17, 15) is 14.9 Å². The molecule has 2 heterocycles. The Hall–Kier alpha value is -2.98. The van der Waals surface area contributed by atoms with Gasteiger partial charge in [-0.1, -0.05) is 11.3 Å². The maximum absolute atomic E-state index is 12.3. The van der Waals surface area contributed by atoms with E-state index in [-0.39, 0.29) is 9.88 Å². The highest BCUT2D eigenvalue weighted by Crippen LogP contribution is 2.35. The number of thiophene rings is 1. The molecule has 0 atom stereocenters. The van der Waals surface area contributed by atoms with Crippen molar-refractivity contribution in [2.24, 2.45) is 0 Å². The Morgan fingerprint density at radius 3 is 2.68 bits per heavy atom. The molecular formula is C18H17N3O5S2. The largest absolute Gasteiger partial charge is 0.494 e. The molecule has 10 heteroatoms. The third-order valence-corrected chi connectivity index (χ3v) is 5.35. The van der Waals surface area contributed by atoms with Crippen LogP contribution in [0.15, 0.2) is 35.7 Å². The van der Waals surface area contributed by atoms with E-state index in [1.54, 1.807) is 0 Å². The lowest BCUT2D eigenvalue weighted by Crippen LogP contribution is -2.09. The molecule has 0 unspecified atom stereocenters. The second-order valence-electron chi connectivity index (χ2n) is 5.41. The number of hydrogen-bond donors (Lipinski definition) is 1. The summed E-state index contributed by atoms with van der Waals surface area (Å²) >= 11 is 2.08. The van der Waals surface area contributed by atoms with Crippen LogP contribution in [0.2, 0.25) is 0 Å². The van der Waals surface area contributed by atoms with Crippen LogP contribution < -0.4 is 14.8 Å². The molecule has 0 radical (unpaired) electrons. The van der Waals surface area contributed by atoms with E-state index in [1.807, 2.05) is 37.4 Å². The first-order chi connectivity index (χ1) is 13.5. The van der Waals surface area contributed by atoms with Gasteiger partial charge < -0.3 is 9.47 Å². The van der Waals surface area contributed by atoms with Gasteiger partial charge in [0.15, 0.2) is 5.13 Å². The summed E-state index contributed by atoms with van der Waals surface area (Å²) < 4.78 is 11.2. The molecule has 2 aromatic heterocycles. The van der Waals surface area contributed by atoms with Crippen LogP contribution in [0, 0.1) is 10.1 Å². The summed E-state index contributed by atoms with van der Waals surface area (Å²) in [6.45, 7) is 4.85. The SMILES string of the molecule is CCOc1ccc(-c2csc(NC(=O)c3ccc([N+](=O)[O-])s3)n2)c(OCC)c1. The van der Waals surface area contributed by atoms with Gasteiger partial charge in [-0.15, -0.1) is 11.3 Å². The third kappa shape index (κ3) is 4.46. The Balaban J connectivity index is 1.79. The zero-order valence-corrected chi connectivity index (χ0v) is 16.8. The molecule has 0 spiro atoms. The van der Waals surface area contributed by atoms with Crippen molar-refractivity contribution < 1.29 is 19.2 Å². The number of ether oxygens (including phenoxy) is 2. The predicted octanol–water partition coefficient (Wildman–Crippen LogP) is 4.83. The van der Waals surface area contributed by atoms with Gasteiger partial charge in [-0.25, -0.2) is 4.98 Å². The Kier molecular flexibility index (Phi) is 6.22. The van der Waals surface area contributed by atoms with Gasteiger partial charge in [0.25, 0.3) is 5.91 Å². The van der Waals surface area contributed by atoms with Crippen molar-refractivity contribution in [1.29, 1.82) is 0 Å². The average molecular weight is 419 g/mol. The maximum Gasteiger partial charge on any atom is 0.324 e. The molecule has 0 aliphatic carbocycles. The van der Waals surface area contributed by atoms with Crippen molar-refractivity contribution in [3.8, 4) is 22.8 Å². The minimum atomic E-state index is -0.524. The first-order valence-corrected chi connectivity index (χ1v) is 10.1. The second kappa shape index (κ2) is 8.81. The Labute approximate surface area is 168 Å². The number of thiazole rings is 1. The highest BCUT2D eigenvalue weighted by molar-refractivity contribution is 7.17. The van der Waals surface area contributed by atoms with Gasteiger partial charge in [0.05, 0.1) is 28.7 Å². The minimum absolute atomic E-state index is 0.0827. The highest BCUT2D eigenvalue weighted by atomic mass is 32.1. The maximum atomic E-state index is 12.3. The number of nitro groups is 1. The van der Waals surface area contributed by atoms with Crippen LogP contribution in [-0.4, -0.2) is 29.0 Å². The Morgan fingerprint density at radius 1 is 1.21 bits per heavy atom. The van der Waals surface area contributed by atoms with Gasteiger partial charge >= 0.3 is 5.00 Å². The van der Waals surface area contributed by atoms with Gasteiger partial charge in [0, 0.05) is 23.1 Å². The number of carbonyl (C=O) groups excluding carboxylic acids is 1. The van der Waals surface area contributed by atoms with E-state index >= 15 is 0 Å². The molecule has 1 amide bonds. The number of rotatable bonds is 8. The summed E-state index contributed by atoms with van der Waals surface area (Å²) in [7, 11) is 0. The van der Waals surface area contributed by atoms with Crippen LogP contribution in [0.1, 0.15) is 23.5 Å². The van der Waals surface area contributed by atoms with E-state index in [0.717, 1.165) is 16.9 Å². The fraction of sp³-hybridized carbons (Fsp3) is 0.222. The predicted molar refractivity (Wildman–Crippen MR) is 109 cm³/mol. The molecule has 0 aliphatic rings. The first kappa shape index (κ1) is 19.8. The van der Waals surface area contributed by atoms with Gasteiger partial charge in [0.2, 0.25) is 0 Å². The molecular weight excluding hydrogens is 402 g/mol. The molecule has 3 aromatic rings. The molecule has 0 aliphatic heterocycles. The average Bonchev–Trinajstić information content (AvgIpc) is 3.32. The first-order valence-electron chi connectivity index (χ1n) is 8.43. The molecule has 146 valence electrons. The number of carbonyl (C=O) groups is 1. The van der Waals surface area contributed by atoms with Crippen molar-refractivity contribution in [2.45, 2.75) is 13.8 Å². The smallest absolute Gasteiger partial charge is 0.324 e. The molecule has 0 saturated carbocycles. The van der Waals surface area contributed by atoms with Gasteiger partial charge in [-0.3, -0.25) is 20.2 Å². The molecule has 0 fully saturated rings. The van der Waals surface area contributed by atoms with Crippen molar-refractivity contribution >= 4 is 38.7 Å². The van der Waals surface area contributed by atoms with Crippen molar-refractivity contribution in [3.05, 3.63) is 50.7 Å². The number of aromatic nitrogens is 1. The second-order valence-corrected chi connectivity index (χ2v) is 7.33. The zero-order valence-electron chi connectivity index (χ0n) is 15.1. The fourth-order valence-corrected chi connectivity index (χ4v) is 3.83. The van der Waals surface area contributed by atoms with Crippen molar-refractivity contribution in [2.75, 3.05) is 18.5 Å². The molecule has 28 heavy (non-hydrogen) atoms.